The van der Waals surface area contributed by atoms with E-state index >= 15 is 0 Å². The van der Waals surface area contributed by atoms with Gasteiger partial charge in [0, 0.05) is 5.02 Å². The molecule has 21 heavy (non-hydrogen) atoms. The van der Waals surface area contributed by atoms with E-state index in [0.29, 0.717) is 11.4 Å². The molecule has 0 aliphatic rings. The molecule has 0 aromatic heterocycles. The van der Waals surface area contributed by atoms with Gasteiger partial charge in [0.05, 0.1) is 11.6 Å². The molecule has 1 amide bonds. The Morgan fingerprint density at radius 1 is 1.24 bits per heavy atom. The first kappa shape index (κ1) is 15.5. The standard InChI is InChI=1S/C17H17ClFNO/c1-2-6-14(12-7-4-3-5-8-12)17(21)20-16-10-9-13(18)11-15(16)19/h3-5,7-11,14H,2,6H2,1H3,(H,20,21). The highest BCUT2D eigenvalue weighted by molar-refractivity contribution is 6.30. The Hall–Kier alpha value is -1.87. The summed E-state index contributed by atoms with van der Waals surface area (Å²) in [6.45, 7) is 2.02. The summed E-state index contributed by atoms with van der Waals surface area (Å²) in [4.78, 5) is 12.4. The normalized spacial score (nSPS) is 12.0. The number of hydrogen-bond donors (Lipinski definition) is 1. The van der Waals surface area contributed by atoms with Gasteiger partial charge in [0.25, 0.3) is 0 Å². The van der Waals surface area contributed by atoms with Gasteiger partial charge in [-0.05, 0) is 30.2 Å². The summed E-state index contributed by atoms with van der Waals surface area (Å²) in [6.07, 6.45) is 1.58. The Balaban J connectivity index is 2.19. The number of amides is 1. The van der Waals surface area contributed by atoms with Crippen molar-refractivity contribution in [3.8, 4) is 0 Å². The van der Waals surface area contributed by atoms with Gasteiger partial charge in [-0.1, -0.05) is 55.3 Å². The van der Waals surface area contributed by atoms with Crippen molar-refractivity contribution in [2.75, 3.05) is 5.32 Å². The molecule has 4 heteroatoms. The summed E-state index contributed by atoms with van der Waals surface area (Å²) in [5, 5.41) is 2.95. The van der Waals surface area contributed by atoms with Crippen molar-refractivity contribution < 1.29 is 9.18 Å². The molecule has 0 fully saturated rings. The molecule has 2 aromatic carbocycles. The van der Waals surface area contributed by atoms with Crippen LogP contribution in [0, 0.1) is 5.82 Å². The average Bonchev–Trinajstić information content (AvgIpc) is 2.48. The number of hydrogen-bond acceptors (Lipinski definition) is 1. The molecule has 2 aromatic rings. The molecular formula is C17H17ClFNO. The lowest BCUT2D eigenvalue weighted by Gasteiger charge is -2.17. The number of carbonyl (C=O) groups excluding carboxylic acids is 1. The minimum atomic E-state index is -0.529. The lowest BCUT2D eigenvalue weighted by atomic mass is 9.93. The predicted octanol–water partition coefficient (Wildman–Crippen LogP) is 5.00. The summed E-state index contributed by atoms with van der Waals surface area (Å²) in [6, 6.07) is 13.7. The van der Waals surface area contributed by atoms with Crippen molar-refractivity contribution in [3.63, 3.8) is 0 Å². The fourth-order valence-electron chi connectivity index (χ4n) is 2.23. The molecule has 0 aliphatic carbocycles. The van der Waals surface area contributed by atoms with Crippen LogP contribution in [0.4, 0.5) is 10.1 Å². The van der Waals surface area contributed by atoms with Gasteiger partial charge in [-0.15, -0.1) is 0 Å². The van der Waals surface area contributed by atoms with Gasteiger partial charge in [0.15, 0.2) is 0 Å². The van der Waals surface area contributed by atoms with Gasteiger partial charge in [-0.2, -0.15) is 0 Å². The molecule has 0 saturated carbocycles. The van der Waals surface area contributed by atoms with E-state index in [2.05, 4.69) is 5.32 Å². The first-order valence-electron chi connectivity index (χ1n) is 6.92. The minimum Gasteiger partial charge on any atom is -0.323 e. The maximum atomic E-state index is 13.8. The van der Waals surface area contributed by atoms with Crippen LogP contribution in [0.15, 0.2) is 48.5 Å². The van der Waals surface area contributed by atoms with Crippen molar-refractivity contribution in [2.24, 2.45) is 0 Å². The largest absolute Gasteiger partial charge is 0.323 e. The molecule has 2 nitrogen and oxygen atoms in total. The smallest absolute Gasteiger partial charge is 0.231 e. The van der Waals surface area contributed by atoms with Gasteiger partial charge in [-0.25, -0.2) is 4.39 Å². The van der Waals surface area contributed by atoms with Crippen LogP contribution in [0.1, 0.15) is 31.2 Å². The molecule has 0 saturated heterocycles. The van der Waals surface area contributed by atoms with E-state index in [1.54, 1.807) is 6.07 Å². The van der Waals surface area contributed by atoms with Crippen molar-refractivity contribution >= 4 is 23.2 Å². The van der Waals surface area contributed by atoms with Gasteiger partial charge in [-0.3, -0.25) is 4.79 Å². The molecule has 110 valence electrons. The van der Waals surface area contributed by atoms with Crippen LogP contribution in [0.5, 0.6) is 0 Å². The SMILES string of the molecule is CCCC(C(=O)Nc1ccc(Cl)cc1F)c1ccccc1. The van der Waals surface area contributed by atoms with Crippen LogP contribution in [0.25, 0.3) is 0 Å². The summed E-state index contributed by atoms with van der Waals surface area (Å²) in [5.41, 5.74) is 1.09. The summed E-state index contributed by atoms with van der Waals surface area (Å²) < 4.78 is 13.8. The zero-order valence-corrected chi connectivity index (χ0v) is 12.5. The fourth-order valence-corrected chi connectivity index (χ4v) is 2.39. The second-order valence-corrected chi connectivity index (χ2v) is 5.30. The Morgan fingerprint density at radius 3 is 2.57 bits per heavy atom. The van der Waals surface area contributed by atoms with Crippen molar-refractivity contribution in [1.82, 2.24) is 0 Å². The maximum absolute atomic E-state index is 13.8. The number of rotatable bonds is 5. The zero-order valence-electron chi connectivity index (χ0n) is 11.8. The fraction of sp³-hybridized carbons (Fsp3) is 0.235. The quantitative estimate of drug-likeness (QED) is 0.827. The van der Waals surface area contributed by atoms with E-state index in [1.165, 1.54) is 12.1 Å². The van der Waals surface area contributed by atoms with Crippen LogP contribution in [0.3, 0.4) is 0 Å². The van der Waals surface area contributed by atoms with E-state index in [9.17, 15) is 9.18 Å². The van der Waals surface area contributed by atoms with Crippen molar-refractivity contribution in [2.45, 2.75) is 25.7 Å². The third kappa shape index (κ3) is 4.05. The van der Waals surface area contributed by atoms with Crippen molar-refractivity contribution in [3.05, 3.63) is 64.9 Å². The number of halogens is 2. The highest BCUT2D eigenvalue weighted by Crippen LogP contribution is 2.25. The summed E-state index contributed by atoms with van der Waals surface area (Å²) in [7, 11) is 0. The average molecular weight is 306 g/mol. The van der Waals surface area contributed by atoms with Gasteiger partial charge in [0.2, 0.25) is 5.91 Å². The molecule has 1 unspecified atom stereocenters. The highest BCUT2D eigenvalue weighted by atomic mass is 35.5. The van der Waals surface area contributed by atoms with E-state index in [0.717, 1.165) is 12.0 Å². The number of benzene rings is 2. The van der Waals surface area contributed by atoms with E-state index < -0.39 is 5.82 Å². The van der Waals surface area contributed by atoms with Crippen LogP contribution >= 0.6 is 11.6 Å². The first-order valence-corrected chi connectivity index (χ1v) is 7.30. The molecule has 0 spiro atoms. The summed E-state index contributed by atoms with van der Waals surface area (Å²) in [5.74, 6) is -1.02. The Kier molecular flexibility index (Phi) is 5.34. The third-order valence-electron chi connectivity index (χ3n) is 3.28. The molecule has 1 atom stereocenters. The Labute approximate surface area is 128 Å². The second kappa shape index (κ2) is 7.23. The maximum Gasteiger partial charge on any atom is 0.231 e. The summed E-state index contributed by atoms with van der Waals surface area (Å²) >= 11 is 5.71. The molecule has 0 heterocycles. The molecular weight excluding hydrogens is 289 g/mol. The van der Waals surface area contributed by atoms with E-state index in [-0.39, 0.29) is 17.5 Å². The Morgan fingerprint density at radius 2 is 1.95 bits per heavy atom. The lowest BCUT2D eigenvalue weighted by Crippen LogP contribution is -2.21. The Bertz CT molecular complexity index is 615. The minimum absolute atomic E-state index is 0.154. The second-order valence-electron chi connectivity index (χ2n) is 4.87. The zero-order chi connectivity index (χ0) is 15.2. The monoisotopic (exact) mass is 305 g/mol. The highest BCUT2D eigenvalue weighted by Gasteiger charge is 2.20. The number of nitrogens with one attached hydrogen (secondary N) is 1. The molecule has 0 radical (unpaired) electrons. The number of carbonyl (C=O) groups is 1. The molecule has 1 N–H and O–H groups in total. The molecule has 0 aliphatic heterocycles. The lowest BCUT2D eigenvalue weighted by molar-refractivity contribution is -0.117. The topological polar surface area (TPSA) is 29.1 Å². The first-order chi connectivity index (χ1) is 10.1. The van der Waals surface area contributed by atoms with Gasteiger partial charge in [0.1, 0.15) is 5.82 Å². The van der Waals surface area contributed by atoms with Crippen LogP contribution in [0.2, 0.25) is 5.02 Å². The third-order valence-corrected chi connectivity index (χ3v) is 3.52. The molecule has 0 bridgehead atoms. The van der Waals surface area contributed by atoms with Crippen LogP contribution in [-0.2, 0) is 4.79 Å². The van der Waals surface area contributed by atoms with Gasteiger partial charge >= 0.3 is 0 Å². The molecule has 2 rings (SSSR count). The van der Waals surface area contributed by atoms with Crippen molar-refractivity contribution in [1.29, 1.82) is 0 Å². The number of anilines is 1. The predicted molar refractivity (Wildman–Crippen MR) is 84.1 cm³/mol. The van der Waals surface area contributed by atoms with Gasteiger partial charge < -0.3 is 5.32 Å². The van der Waals surface area contributed by atoms with E-state index in [4.69, 9.17) is 11.6 Å². The van der Waals surface area contributed by atoms with Crippen LogP contribution in [-0.4, -0.2) is 5.91 Å². The van der Waals surface area contributed by atoms with E-state index in [1.807, 2.05) is 37.3 Å². The van der Waals surface area contributed by atoms with Crippen LogP contribution < -0.4 is 5.32 Å².